The van der Waals surface area contributed by atoms with Crippen molar-refractivity contribution in [2.75, 3.05) is 20.1 Å². The zero-order valence-corrected chi connectivity index (χ0v) is 10.0. The maximum Gasteiger partial charge on any atom is 0.226 e. The van der Waals surface area contributed by atoms with Gasteiger partial charge in [-0.25, -0.2) is 0 Å². The fourth-order valence-electron chi connectivity index (χ4n) is 1.48. The number of nitrogens with two attached hydrogens (primary N) is 1. The summed E-state index contributed by atoms with van der Waals surface area (Å²) in [6, 6.07) is 2.11. The lowest BCUT2D eigenvalue weighted by molar-refractivity contribution is -0.135. The monoisotopic (exact) mass is 211 g/mol. The number of hydrogen-bond acceptors (Lipinski definition) is 3. The van der Waals surface area contributed by atoms with Gasteiger partial charge >= 0.3 is 0 Å². The Morgan fingerprint density at radius 1 is 1.47 bits per heavy atom. The molecule has 0 saturated heterocycles. The molecule has 0 aromatic carbocycles. The number of hydrogen-bond donors (Lipinski definition) is 1. The third-order valence-corrected chi connectivity index (χ3v) is 2.52. The van der Waals surface area contributed by atoms with E-state index in [1.54, 1.807) is 18.9 Å². The average Bonchev–Trinajstić information content (AvgIpc) is 2.17. The summed E-state index contributed by atoms with van der Waals surface area (Å²) in [4.78, 5) is 13.5. The van der Waals surface area contributed by atoms with Gasteiger partial charge in [-0.2, -0.15) is 5.26 Å². The van der Waals surface area contributed by atoms with E-state index in [1.165, 1.54) is 0 Å². The van der Waals surface area contributed by atoms with Crippen molar-refractivity contribution in [3.05, 3.63) is 0 Å². The Kier molecular flexibility index (Phi) is 5.95. The summed E-state index contributed by atoms with van der Waals surface area (Å²) in [5, 5.41) is 8.66. The number of nitriles is 1. The van der Waals surface area contributed by atoms with Gasteiger partial charge < -0.3 is 10.6 Å². The molecule has 0 fully saturated rings. The van der Waals surface area contributed by atoms with Crippen LogP contribution in [-0.2, 0) is 4.79 Å². The molecule has 0 spiro atoms. The molecule has 4 nitrogen and oxygen atoms in total. The zero-order chi connectivity index (χ0) is 12.0. The van der Waals surface area contributed by atoms with Crippen molar-refractivity contribution < 1.29 is 4.79 Å². The standard InChI is InChI=1S/C11H21N3O/c1-8(2)10(6-13)11(15)14(4)7-9(3)5-12/h8-10H,6-7,13H2,1-4H3. The van der Waals surface area contributed by atoms with E-state index in [2.05, 4.69) is 6.07 Å². The van der Waals surface area contributed by atoms with E-state index in [0.717, 1.165) is 0 Å². The number of amides is 1. The van der Waals surface area contributed by atoms with E-state index in [1.807, 2.05) is 13.8 Å². The lowest BCUT2D eigenvalue weighted by Gasteiger charge is -2.25. The molecule has 0 radical (unpaired) electrons. The van der Waals surface area contributed by atoms with Crippen molar-refractivity contribution in [1.29, 1.82) is 5.26 Å². The Balaban J connectivity index is 4.36. The summed E-state index contributed by atoms with van der Waals surface area (Å²) in [6.07, 6.45) is 0. The molecule has 2 unspecified atom stereocenters. The topological polar surface area (TPSA) is 70.1 Å². The number of carbonyl (C=O) groups excluding carboxylic acids is 1. The predicted octanol–water partition coefficient (Wildman–Crippen LogP) is 0.835. The van der Waals surface area contributed by atoms with Gasteiger partial charge in [0.25, 0.3) is 0 Å². The molecule has 0 rings (SSSR count). The van der Waals surface area contributed by atoms with Crippen molar-refractivity contribution in [3.63, 3.8) is 0 Å². The third kappa shape index (κ3) is 4.30. The maximum atomic E-state index is 11.9. The highest BCUT2D eigenvalue weighted by atomic mass is 16.2. The van der Waals surface area contributed by atoms with E-state index < -0.39 is 0 Å². The Bertz CT molecular complexity index is 245. The molecule has 0 heterocycles. The molecular formula is C11H21N3O. The minimum atomic E-state index is -0.138. The first-order valence-corrected chi connectivity index (χ1v) is 5.28. The minimum absolute atomic E-state index is 0.0367. The molecule has 0 aliphatic heterocycles. The molecule has 15 heavy (non-hydrogen) atoms. The van der Waals surface area contributed by atoms with E-state index in [4.69, 9.17) is 11.0 Å². The summed E-state index contributed by atoms with van der Waals surface area (Å²) in [7, 11) is 1.72. The van der Waals surface area contributed by atoms with Gasteiger partial charge in [-0.15, -0.1) is 0 Å². The molecular weight excluding hydrogens is 190 g/mol. The van der Waals surface area contributed by atoms with E-state index in [-0.39, 0.29) is 23.7 Å². The van der Waals surface area contributed by atoms with E-state index in [0.29, 0.717) is 13.1 Å². The maximum absolute atomic E-state index is 11.9. The van der Waals surface area contributed by atoms with Crippen LogP contribution in [0.15, 0.2) is 0 Å². The average molecular weight is 211 g/mol. The molecule has 4 heteroatoms. The third-order valence-electron chi connectivity index (χ3n) is 2.52. The van der Waals surface area contributed by atoms with Crippen molar-refractivity contribution in [3.8, 4) is 6.07 Å². The van der Waals surface area contributed by atoms with Crippen molar-refractivity contribution >= 4 is 5.91 Å². The summed E-state index contributed by atoms with van der Waals surface area (Å²) in [5.41, 5.74) is 5.56. The second kappa shape index (κ2) is 6.41. The minimum Gasteiger partial charge on any atom is -0.344 e. The highest BCUT2D eigenvalue weighted by molar-refractivity contribution is 5.79. The van der Waals surface area contributed by atoms with Crippen LogP contribution in [0.25, 0.3) is 0 Å². The predicted molar refractivity (Wildman–Crippen MR) is 59.8 cm³/mol. The van der Waals surface area contributed by atoms with E-state index >= 15 is 0 Å². The van der Waals surface area contributed by atoms with Crippen molar-refractivity contribution in [1.82, 2.24) is 4.90 Å². The molecule has 0 aromatic heterocycles. The lowest BCUT2D eigenvalue weighted by Crippen LogP contribution is -2.40. The normalized spacial score (nSPS) is 14.5. The first kappa shape index (κ1) is 13.9. The van der Waals surface area contributed by atoms with Gasteiger partial charge in [0.15, 0.2) is 0 Å². The Morgan fingerprint density at radius 2 is 2.00 bits per heavy atom. The molecule has 1 amide bonds. The van der Waals surface area contributed by atoms with Gasteiger partial charge in [0.1, 0.15) is 0 Å². The van der Waals surface area contributed by atoms with Crippen molar-refractivity contribution in [2.45, 2.75) is 20.8 Å². The largest absolute Gasteiger partial charge is 0.344 e. The first-order valence-electron chi connectivity index (χ1n) is 5.28. The van der Waals surface area contributed by atoms with Crippen LogP contribution in [0, 0.1) is 29.1 Å². The Labute approximate surface area is 92.0 Å². The smallest absolute Gasteiger partial charge is 0.226 e. The fourth-order valence-corrected chi connectivity index (χ4v) is 1.48. The highest BCUT2D eigenvalue weighted by Gasteiger charge is 2.24. The Hall–Kier alpha value is -1.08. The second-order valence-corrected chi connectivity index (χ2v) is 4.34. The van der Waals surface area contributed by atoms with Gasteiger partial charge in [-0.1, -0.05) is 13.8 Å². The molecule has 2 atom stereocenters. The van der Waals surface area contributed by atoms with Gasteiger partial charge in [0.2, 0.25) is 5.91 Å². The van der Waals surface area contributed by atoms with Gasteiger partial charge in [0.05, 0.1) is 17.9 Å². The number of nitrogens with zero attached hydrogens (tertiary/aromatic N) is 2. The van der Waals surface area contributed by atoms with Gasteiger partial charge in [-0.05, 0) is 12.8 Å². The molecule has 0 saturated carbocycles. The molecule has 0 aliphatic carbocycles. The molecule has 86 valence electrons. The number of carbonyl (C=O) groups is 1. The summed E-state index contributed by atoms with van der Waals surface area (Å²) in [5.74, 6) is 0.00220. The second-order valence-electron chi connectivity index (χ2n) is 4.34. The van der Waals surface area contributed by atoms with E-state index in [9.17, 15) is 4.79 Å². The van der Waals surface area contributed by atoms with Crippen LogP contribution in [0.2, 0.25) is 0 Å². The Morgan fingerprint density at radius 3 is 2.33 bits per heavy atom. The van der Waals surface area contributed by atoms with Crippen LogP contribution in [0.5, 0.6) is 0 Å². The van der Waals surface area contributed by atoms with Crippen LogP contribution < -0.4 is 5.73 Å². The lowest BCUT2D eigenvalue weighted by atomic mass is 9.94. The van der Waals surface area contributed by atoms with Crippen molar-refractivity contribution in [2.24, 2.45) is 23.5 Å². The SMILES string of the molecule is CC(C#N)CN(C)C(=O)C(CN)C(C)C. The summed E-state index contributed by atoms with van der Waals surface area (Å²) >= 11 is 0. The van der Waals surface area contributed by atoms with Gasteiger partial charge in [0, 0.05) is 20.1 Å². The highest BCUT2D eigenvalue weighted by Crippen LogP contribution is 2.12. The van der Waals surface area contributed by atoms with Crippen LogP contribution in [-0.4, -0.2) is 30.9 Å². The fraction of sp³-hybridized carbons (Fsp3) is 0.818. The van der Waals surface area contributed by atoms with Crippen LogP contribution in [0.1, 0.15) is 20.8 Å². The molecule has 0 aliphatic rings. The van der Waals surface area contributed by atoms with Crippen LogP contribution >= 0.6 is 0 Å². The number of rotatable bonds is 5. The molecule has 2 N–H and O–H groups in total. The van der Waals surface area contributed by atoms with Crippen LogP contribution in [0.3, 0.4) is 0 Å². The quantitative estimate of drug-likeness (QED) is 0.732. The summed E-state index contributed by atoms with van der Waals surface area (Å²) in [6.45, 7) is 6.60. The molecule has 0 bridgehead atoms. The first-order chi connectivity index (χ1) is 6.93. The van der Waals surface area contributed by atoms with Crippen LogP contribution in [0.4, 0.5) is 0 Å². The zero-order valence-electron chi connectivity index (χ0n) is 10.0. The summed E-state index contributed by atoms with van der Waals surface area (Å²) < 4.78 is 0. The van der Waals surface area contributed by atoms with Gasteiger partial charge in [-0.3, -0.25) is 4.79 Å². The molecule has 0 aromatic rings.